The Hall–Kier alpha value is -2.50. The molecule has 0 radical (unpaired) electrons. The summed E-state index contributed by atoms with van der Waals surface area (Å²) in [4.78, 5) is 30.1. The van der Waals surface area contributed by atoms with Gasteiger partial charge in [-0.3, -0.25) is 14.6 Å². The van der Waals surface area contributed by atoms with Crippen molar-refractivity contribution in [2.45, 2.75) is 26.8 Å². The highest BCUT2D eigenvalue weighted by molar-refractivity contribution is 6.07. The molecule has 0 saturated heterocycles. The fourth-order valence-electron chi connectivity index (χ4n) is 2.36. The minimum atomic E-state index is -0.492. The van der Waals surface area contributed by atoms with Gasteiger partial charge in [0, 0.05) is 23.2 Å². The zero-order chi connectivity index (χ0) is 17.1. The third-order valence-corrected chi connectivity index (χ3v) is 3.54. The van der Waals surface area contributed by atoms with Gasteiger partial charge in [-0.25, -0.2) is 4.39 Å². The van der Waals surface area contributed by atoms with E-state index in [-0.39, 0.29) is 18.5 Å². The maximum absolute atomic E-state index is 13.4. The summed E-state index contributed by atoms with van der Waals surface area (Å²) in [6, 6.07) is 5.57. The van der Waals surface area contributed by atoms with Gasteiger partial charge in [0.25, 0.3) is 5.91 Å². The third-order valence-electron chi connectivity index (χ3n) is 3.54. The van der Waals surface area contributed by atoms with Gasteiger partial charge in [-0.2, -0.15) is 0 Å². The molecule has 1 aromatic heterocycles. The first-order valence-corrected chi connectivity index (χ1v) is 7.28. The highest BCUT2D eigenvalue weighted by Gasteiger charge is 2.24. The average Bonchev–Trinajstić information content (AvgIpc) is 2.50. The van der Waals surface area contributed by atoms with Crippen molar-refractivity contribution in [1.29, 1.82) is 0 Å². The molecule has 0 saturated carbocycles. The third kappa shape index (κ3) is 3.64. The summed E-state index contributed by atoms with van der Waals surface area (Å²) in [5, 5.41) is 0.553. The fourth-order valence-corrected chi connectivity index (χ4v) is 2.36. The van der Waals surface area contributed by atoms with Crippen LogP contribution in [-0.4, -0.2) is 41.5 Å². The number of hydrogen-bond donors (Lipinski definition) is 0. The Balaban J connectivity index is 2.52. The maximum Gasteiger partial charge on any atom is 0.325 e. The number of halogens is 1. The van der Waals surface area contributed by atoms with Crippen LogP contribution in [0.15, 0.2) is 24.3 Å². The lowest BCUT2D eigenvalue weighted by Crippen LogP contribution is -2.41. The second-order valence-corrected chi connectivity index (χ2v) is 5.58. The van der Waals surface area contributed by atoms with E-state index in [1.807, 2.05) is 13.8 Å². The molecule has 0 aliphatic heterocycles. The summed E-state index contributed by atoms with van der Waals surface area (Å²) in [5.41, 5.74) is 1.41. The number of benzene rings is 1. The molecule has 0 atom stereocenters. The largest absolute Gasteiger partial charge is 0.468 e. The van der Waals surface area contributed by atoms with E-state index in [0.29, 0.717) is 22.2 Å². The van der Waals surface area contributed by atoms with E-state index >= 15 is 0 Å². The van der Waals surface area contributed by atoms with Crippen LogP contribution in [0.4, 0.5) is 4.39 Å². The maximum atomic E-state index is 13.4. The lowest BCUT2D eigenvalue weighted by molar-refractivity contribution is -0.141. The number of ether oxygens (including phenoxy) is 1. The Bertz CT molecular complexity index is 754. The van der Waals surface area contributed by atoms with Crippen molar-refractivity contribution < 1.29 is 18.7 Å². The summed E-state index contributed by atoms with van der Waals surface area (Å²) in [6.45, 7) is 5.23. The molecule has 1 aromatic carbocycles. The van der Waals surface area contributed by atoms with E-state index in [1.54, 1.807) is 13.0 Å². The predicted octanol–water partition coefficient (Wildman–Crippen LogP) is 2.71. The fraction of sp³-hybridized carbons (Fsp3) is 0.353. The van der Waals surface area contributed by atoms with Crippen LogP contribution in [0.25, 0.3) is 10.9 Å². The highest BCUT2D eigenvalue weighted by atomic mass is 19.1. The second kappa shape index (κ2) is 6.73. The van der Waals surface area contributed by atoms with Crippen LogP contribution in [0.5, 0.6) is 0 Å². The first-order valence-electron chi connectivity index (χ1n) is 7.28. The number of carbonyl (C=O) groups excluding carboxylic acids is 2. The molecular formula is C17H19FN2O3. The zero-order valence-corrected chi connectivity index (χ0v) is 13.6. The van der Waals surface area contributed by atoms with E-state index in [2.05, 4.69) is 9.72 Å². The second-order valence-electron chi connectivity index (χ2n) is 5.58. The molecule has 122 valence electrons. The van der Waals surface area contributed by atoms with Crippen LogP contribution in [-0.2, 0) is 9.53 Å². The van der Waals surface area contributed by atoms with Gasteiger partial charge in [-0.1, -0.05) is 0 Å². The Morgan fingerprint density at radius 1 is 1.30 bits per heavy atom. The number of esters is 1. The first kappa shape index (κ1) is 16.9. The molecule has 0 fully saturated rings. The van der Waals surface area contributed by atoms with E-state index in [0.717, 1.165) is 0 Å². The van der Waals surface area contributed by atoms with Gasteiger partial charge in [0.05, 0.1) is 18.2 Å². The van der Waals surface area contributed by atoms with Gasteiger partial charge in [-0.15, -0.1) is 0 Å². The molecule has 2 aromatic rings. The number of aromatic nitrogens is 1. The SMILES string of the molecule is COC(=O)CN(C(=O)c1cc(C)nc2cc(F)ccc12)C(C)C. The molecular weight excluding hydrogens is 299 g/mol. The van der Waals surface area contributed by atoms with E-state index in [4.69, 9.17) is 0 Å². The van der Waals surface area contributed by atoms with Crippen molar-refractivity contribution >= 4 is 22.8 Å². The molecule has 23 heavy (non-hydrogen) atoms. The molecule has 0 aliphatic carbocycles. The number of fused-ring (bicyclic) bond motifs is 1. The monoisotopic (exact) mass is 318 g/mol. The molecule has 5 nitrogen and oxygen atoms in total. The number of aryl methyl sites for hydroxylation is 1. The molecule has 0 spiro atoms. The number of rotatable bonds is 4. The molecule has 0 N–H and O–H groups in total. The molecule has 0 unspecified atom stereocenters. The van der Waals surface area contributed by atoms with Gasteiger partial charge >= 0.3 is 5.97 Å². The van der Waals surface area contributed by atoms with Crippen molar-refractivity contribution in [2.24, 2.45) is 0 Å². The number of carbonyl (C=O) groups is 2. The number of amides is 1. The molecule has 6 heteroatoms. The average molecular weight is 318 g/mol. The number of nitrogens with zero attached hydrogens (tertiary/aromatic N) is 2. The van der Waals surface area contributed by atoms with Gasteiger partial charge < -0.3 is 9.64 Å². The minimum Gasteiger partial charge on any atom is -0.468 e. The summed E-state index contributed by atoms with van der Waals surface area (Å²) < 4.78 is 18.1. The van der Waals surface area contributed by atoms with Crippen LogP contribution in [0.2, 0.25) is 0 Å². The van der Waals surface area contributed by atoms with Crippen LogP contribution in [0.3, 0.4) is 0 Å². The summed E-state index contributed by atoms with van der Waals surface area (Å²) in [6.07, 6.45) is 0. The van der Waals surface area contributed by atoms with E-state index in [9.17, 15) is 14.0 Å². The van der Waals surface area contributed by atoms with Gasteiger partial charge in [0.1, 0.15) is 12.4 Å². The Morgan fingerprint density at radius 2 is 2.00 bits per heavy atom. The van der Waals surface area contributed by atoms with Gasteiger partial charge in [-0.05, 0) is 39.0 Å². The number of methoxy groups -OCH3 is 1. The standard InChI is InChI=1S/C17H19FN2O3/c1-10(2)20(9-16(21)23-4)17(22)14-7-11(3)19-15-8-12(18)5-6-13(14)15/h5-8,10H,9H2,1-4H3. The van der Waals surface area contributed by atoms with Crippen molar-refractivity contribution in [3.05, 3.63) is 41.3 Å². The van der Waals surface area contributed by atoms with Gasteiger partial charge in [0.2, 0.25) is 0 Å². The molecule has 1 amide bonds. The van der Waals surface area contributed by atoms with Crippen LogP contribution >= 0.6 is 0 Å². The smallest absolute Gasteiger partial charge is 0.325 e. The van der Waals surface area contributed by atoms with Crippen LogP contribution < -0.4 is 0 Å². The van der Waals surface area contributed by atoms with Crippen molar-refractivity contribution in [1.82, 2.24) is 9.88 Å². The Labute approximate surface area is 134 Å². The predicted molar refractivity (Wildman–Crippen MR) is 84.6 cm³/mol. The van der Waals surface area contributed by atoms with Crippen molar-refractivity contribution in [3.8, 4) is 0 Å². The van der Waals surface area contributed by atoms with E-state index in [1.165, 1.54) is 30.2 Å². The van der Waals surface area contributed by atoms with Gasteiger partial charge in [0.15, 0.2) is 0 Å². The summed E-state index contributed by atoms with van der Waals surface area (Å²) in [7, 11) is 1.28. The Morgan fingerprint density at radius 3 is 2.61 bits per heavy atom. The number of hydrogen-bond acceptors (Lipinski definition) is 4. The van der Waals surface area contributed by atoms with Crippen LogP contribution in [0.1, 0.15) is 29.9 Å². The topological polar surface area (TPSA) is 59.5 Å². The lowest BCUT2D eigenvalue weighted by atomic mass is 10.1. The lowest BCUT2D eigenvalue weighted by Gasteiger charge is -2.26. The zero-order valence-electron chi connectivity index (χ0n) is 13.6. The first-order chi connectivity index (χ1) is 10.8. The minimum absolute atomic E-state index is 0.142. The number of pyridine rings is 1. The van der Waals surface area contributed by atoms with Crippen molar-refractivity contribution in [3.63, 3.8) is 0 Å². The summed E-state index contributed by atoms with van der Waals surface area (Å²) in [5.74, 6) is -1.22. The molecule has 2 rings (SSSR count). The van der Waals surface area contributed by atoms with Crippen LogP contribution in [0, 0.1) is 12.7 Å². The van der Waals surface area contributed by atoms with E-state index < -0.39 is 11.8 Å². The van der Waals surface area contributed by atoms with Crippen molar-refractivity contribution in [2.75, 3.05) is 13.7 Å². The Kier molecular flexibility index (Phi) is 4.93. The quantitative estimate of drug-likeness (QED) is 0.813. The summed E-state index contributed by atoms with van der Waals surface area (Å²) >= 11 is 0. The molecule has 0 bridgehead atoms. The highest BCUT2D eigenvalue weighted by Crippen LogP contribution is 2.22. The normalized spacial score (nSPS) is 10.9. The molecule has 0 aliphatic rings. The molecule has 1 heterocycles.